The van der Waals surface area contributed by atoms with E-state index in [4.69, 9.17) is 17.0 Å². The summed E-state index contributed by atoms with van der Waals surface area (Å²) >= 11 is 6.85. The highest BCUT2D eigenvalue weighted by Gasteiger charge is 2.03. The number of nitrogens with one attached hydrogen (secondary N) is 2. The summed E-state index contributed by atoms with van der Waals surface area (Å²) in [5.41, 5.74) is 4.52. The molecule has 1 heterocycles. The normalized spacial score (nSPS) is 11.0. The summed E-state index contributed by atoms with van der Waals surface area (Å²) in [6.07, 6.45) is 0. The fourth-order valence-corrected chi connectivity index (χ4v) is 2.41. The van der Waals surface area contributed by atoms with Gasteiger partial charge in [0.1, 0.15) is 5.75 Å². The molecule has 0 spiro atoms. The number of nitrogens with zero attached hydrogens (tertiary/aromatic N) is 1. The lowest BCUT2D eigenvalue weighted by Gasteiger charge is -2.11. The molecule has 0 saturated carbocycles. The van der Waals surface area contributed by atoms with E-state index in [1.807, 2.05) is 48.7 Å². The van der Waals surface area contributed by atoms with E-state index in [2.05, 4.69) is 15.8 Å². The van der Waals surface area contributed by atoms with Crippen molar-refractivity contribution >= 4 is 40.1 Å². The average molecular weight is 305 g/mol. The van der Waals surface area contributed by atoms with Gasteiger partial charge in [-0.25, -0.2) is 0 Å². The van der Waals surface area contributed by atoms with Crippen molar-refractivity contribution in [2.75, 3.05) is 12.4 Å². The second-order valence-electron chi connectivity index (χ2n) is 3.94. The van der Waals surface area contributed by atoms with Gasteiger partial charge >= 0.3 is 0 Å². The number of benzene rings is 1. The van der Waals surface area contributed by atoms with Gasteiger partial charge in [-0.15, -0.1) is 11.3 Å². The molecule has 2 rings (SSSR count). The Morgan fingerprint density at radius 1 is 1.25 bits per heavy atom. The van der Waals surface area contributed by atoms with E-state index in [-0.39, 0.29) is 0 Å². The molecule has 2 aromatic rings. The van der Waals surface area contributed by atoms with Crippen molar-refractivity contribution in [3.8, 4) is 5.75 Å². The van der Waals surface area contributed by atoms with Crippen LogP contribution in [0.15, 0.2) is 46.9 Å². The molecule has 1 aromatic heterocycles. The van der Waals surface area contributed by atoms with Crippen LogP contribution in [0.5, 0.6) is 5.75 Å². The number of anilines is 1. The third-order valence-electron chi connectivity index (χ3n) is 2.56. The van der Waals surface area contributed by atoms with Crippen molar-refractivity contribution in [1.29, 1.82) is 0 Å². The number of para-hydroxylation sites is 2. The van der Waals surface area contributed by atoms with Crippen LogP contribution in [-0.4, -0.2) is 17.9 Å². The van der Waals surface area contributed by atoms with Crippen molar-refractivity contribution in [2.24, 2.45) is 5.10 Å². The van der Waals surface area contributed by atoms with Gasteiger partial charge in [0, 0.05) is 4.88 Å². The van der Waals surface area contributed by atoms with Gasteiger partial charge in [0.25, 0.3) is 0 Å². The van der Waals surface area contributed by atoms with Gasteiger partial charge in [0.2, 0.25) is 0 Å². The van der Waals surface area contributed by atoms with Crippen molar-refractivity contribution in [3.63, 3.8) is 0 Å². The molecule has 0 fully saturated rings. The summed E-state index contributed by atoms with van der Waals surface area (Å²) in [4.78, 5) is 1.11. The van der Waals surface area contributed by atoms with Gasteiger partial charge in [0.05, 0.1) is 18.5 Å². The highest BCUT2D eigenvalue weighted by molar-refractivity contribution is 7.80. The summed E-state index contributed by atoms with van der Waals surface area (Å²) in [5.74, 6) is 0.732. The molecule has 0 amide bonds. The standard InChI is InChI=1S/C14H15N3OS2/c1-10(13-8-5-9-20-13)16-17-14(19)15-11-6-3-4-7-12(11)18-2/h3-9H,1-2H3,(H2,15,17,19)/b16-10-. The van der Waals surface area contributed by atoms with E-state index in [1.165, 1.54) is 0 Å². The molecular formula is C14H15N3OS2. The van der Waals surface area contributed by atoms with Crippen LogP contribution in [0.2, 0.25) is 0 Å². The number of thiocarbonyl (C=S) groups is 1. The first-order valence-electron chi connectivity index (χ1n) is 5.99. The summed E-state index contributed by atoms with van der Waals surface area (Å²) in [6.45, 7) is 1.94. The SMILES string of the molecule is COc1ccccc1NC(=S)N/N=C(/C)c1cccs1. The molecule has 0 atom stereocenters. The largest absolute Gasteiger partial charge is 0.495 e. The Balaban J connectivity index is 1.98. The molecule has 0 saturated heterocycles. The molecule has 6 heteroatoms. The highest BCUT2D eigenvalue weighted by Crippen LogP contribution is 2.22. The van der Waals surface area contributed by atoms with Crippen LogP contribution in [0.4, 0.5) is 5.69 Å². The lowest BCUT2D eigenvalue weighted by Crippen LogP contribution is -2.25. The molecule has 2 N–H and O–H groups in total. The maximum absolute atomic E-state index is 5.25. The highest BCUT2D eigenvalue weighted by atomic mass is 32.1. The fourth-order valence-electron chi connectivity index (χ4n) is 1.57. The molecule has 1 aromatic carbocycles. The third-order valence-corrected chi connectivity index (χ3v) is 3.73. The molecule has 0 aliphatic rings. The Morgan fingerprint density at radius 3 is 2.75 bits per heavy atom. The number of hydrogen-bond acceptors (Lipinski definition) is 4. The average Bonchev–Trinajstić information content (AvgIpc) is 2.99. The van der Waals surface area contributed by atoms with E-state index in [0.717, 1.165) is 22.0 Å². The minimum Gasteiger partial charge on any atom is -0.495 e. The van der Waals surface area contributed by atoms with Crippen LogP contribution < -0.4 is 15.5 Å². The van der Waals surface area contributed by atoms with Crippen molar-refractivity contribution < 1.29 is 4.74 Å². The second kappa shape index (κ2) is 7.02. The van der Waals surface area contributed by atoms with E-state index < -0.39 is 0 Å². The first-order chi connectivity index (χ1) is 9.70. The topological polar surface area (TPSA) is 45.6 Å². The molecule has 0 bridgehead atoms. The summed E-state index contributed by atoms with van der Waals surface area (Å²) in [6, 6.07) is 11.6. The Bertz CT molecular complexity index is 609. The lowest BCUT2D eigenvalue weighted by atomic mass is 10.3. The van der Waals surface area contributed by atoms with Crippen molar-refractivity contribution in [1.82, 2.24) is 5.43 Å². The molecule has 0 aliphatic heterocycles. The third kappa shape index (κ3) is 3.79. The first kappa shape index (κ1) is 14.5. The minimum atomic E-state index is 0.422. The molecule has 4 nitrogen and oxygen atoms in total. The van der Waals surface area contributed by atoms with Crippen LogP contribution in [0, 0.1) is 0 Å². The molecule has 104 valence electrons. The van der Waals surface area contributed by atoms with E-state index >= 15 is 0 Å². The number of ether oxygens (including phenoxy) is 1. The number of hydrazone groups is 1. The Labute approximate surface area is 127 Å². The summed E-state index contributed by atoms with van der Waals surface area (Å²) in [7, 11) is 1.62. The van der Waals surface area contributed by atoms with Crippen molar-refractivity contribution in [2.45, 2.75) is 6.92 Å². The lowest BCUT2D eigenvalue weighted by molar-refractivity contribution is 0.417. The van der Waals surface area contributed by atoms with Crippen LogP contribution in [0.25, 0.3) is 0 Å². The predicted octanol–water partition coefficient (Wildman–Crippen LogP) is 3.47. The van der Waals surface area contributed by atoms with E-state index in [1.54, 1.807) is 18.4 Å². The fraction of sp³-hybridized carbons (Fsp3) is 0.143. The van der Waals surface area contributed by atoms with E-state index in [0.29, 0.717) is 5.11 Å². The minimum absolute atomic E-state index is 0.422. The predicted molar refractivity (Wildman–Crippen MR) is 88.9 cm³/mol. The number of thiophene rings is 1. The van der Waals surface area contributed by atoms with Gasteiger partial charge in [-0.05, 0) is 42.7 Å². The zero-order valence-corrected chi connectivity index (χ0v) is 12.8. The maximum Gasteiger partial charge on any atom is 0.191 e. The maximum atomic E-state index is 5.25. The molecule has 0 aliphatic carbocycles. The van der Waals surface area contributed by atoms with E-state index in [9.17, 15) is 0 Å². The van der Waals surface area contributed by atoms with Crippen LogP contribution >= 0.6 is 23.6 Å². The summed E-state index contributed by atoms with van der Waals surface area (Å²) in [5, 5.41) is 9.74. The molecule has 20 heavy (non-hydrogen) atoms. The van der Waals surface area contributed by atoms with Gasteiger partial charge in [0.15, 0.2) is 5.11 Å². The van der Waals surface area contributed by atoms with Gasteiger partial charge in [-0.3, -0.25) is 5.43 Å². The van der Waals surface area contributed by atoms with Gasteiger partial charge in [-0.2, -0.15) is 5.10 Å². The Kier molecular flexibility index (Phi) is 5.09. The van der Waals surface area contributed by atoms with Gasteiger partial charge < -0.3 is 10.1 Å². The van der Waals surface area contributed by atoms with Crippen molar-refractivity contribution in [3.05, 3.63) is 46.7 Å². The Hall–Kier alpha value is -1.92. The summed E-state index contributed by atoms with van der Waals surface area (Å²) < 4.78 is 5.25. The van der Waals surface area contributed by atoms with Crippen LogP contribution in [-0.2, 0) is 0 Å². The molecule has 0 unspecified atom stereocenters. The van der Waals surface area contributed by atoms with Crippen LogP contribution in [0.3, 0.4) is 0 Å². The number of methoxy groups -OCH3 is 1. The van der Waals surface area contributed by atoms with Crippen LogP contribution in [0.1, 0.15) is 11.8 Å². The zero-order valence-electron chi connectivity index (χ0n) is 11.2. The molecule has 0 radical (unpaired) electrons. The first-order valence-corrected chi connectivity index (χ1v) is 7.27. The number of hydrogen-bond donors (Lipinski definition) is 2. The monoisotopic (exact) mass is 305 g/mol. The van der Waals surface area contributed by atoms with Gasteiger partial charge in [-0.1, -0.05) is 18.2 Å². The number of rotatable bonds is 4. The molecular weight excluding hydrogens is 290 g/mol. The zero-order chi connectivity index (χ0) is 14.4. The smallest absolute Gasteiger partial charge is 0.191 e. The quantitative estimate of drug-likeness (QED) is 0.516. The Morgan fingerprint density at radius 2 is 2.05 bits per heavy atom. The second-order valence-corrected chi connectivity index (χ2v) is 5.30.